The molecule has 1 rings (SSSR count). The molecule has 6 nitrogen and oxygen atoms in total. The van der Waals surface area contributed by atoms with Crippen molar-refractivity contribution in [3.05, 3.63) is 24.3 Å². The van der Waals surface area contributed by atoms with Gasteiger partial charge in [-0.1, -0.05) is 12.1 Å². The number of methoxy groups -OCH3 is 1. The Kier molecular flexibility index (Phi) is 5.37. The van der Waals surface area contributed by atoms with Crippen molar-refractivity contribution in [2.75, 3.05) is 20.8 Å². The predicted molar refractivity (Wildman–Crippen MR) is 72.9 cm³/mol. The minimum Gasteiger partial charge on any atom is -0.493 e. The van der Waals surface area contributed by atoms with Crippen LogP contribution >= 0.6 is 0 Å². The van der Waals surface area contributed by atoms with Gasteiger partial charge in [-0.3, -0.25) is 9.59 Å². The van der Waals surface area contributed by atoms with Crippen molar-refractivity contribution < 1.29 is 24.2 Å². The van der Waals surface area contributed by atoms with Crippen LogP contribution < -0.4 is 14.8 Å². The summed E-state index contributed by atoms with van der Waals surface area (Å²) in [6, 6.07) is 7.05. The third-order valence-corrected chi connectivity index (χ3v) is 3.13. The van der Waals surface area contributed by atoms with Crippen LogP contribution in [0.4, 0.5) is 0 Å². The maximum absolute atomic E-state index is 11.7. The van der Waals surface area contributed by atoms with Crippen molar-refractivity contribution >= 4 is 11.9 Å². The molecule has 6 heteroatoms. The maximum atomic E-state index is 11.7. The molecule has 0 radical (unpaired) electrons. The van der Waals surface area contributed by atoms with E-state index in [-0.39, 0.29) is 13.0 Å². The lowest BCUT2D eigenvalue weighted by molar-refractivity contribution is -0.155. The molecule has 1 amide bonds. The van der Waals surface area contributed by atoms with E-state index in [2.05, 4.69) is 5.32 Å². The standard InChI is InChI=1S/C14H19NO5/c1-14(13(17)18,12(16)15-2)8-9-20-11-7-5-4-6-10(11)19-3/h4-7H,8-9H2,1-3H3,(H,15,16)(H,17,18). The van der Waals surface area contributed by atoms with Crippen molar-refractivity contribution in [3.8, 4) is 11.5 Å². The Morgan fingerprint density at radius 1 is 1.30 bits per heavy atom. The molecule has 0 heterocycles. The number of carboxylic acids is 1. The minimum atomic E-state index is -1.52. The number of hydrogen-bond donors (Lipinski definition) is 2. The van der Waals surface area contributed by atoms with Crippen LogP contribution in [0.2, 0.25) is 0 Å². The fourth-order valence-electron chi connectivity index (χ4n) is 1.70. The number of hydrogen-bond acceptors (Lipinski definition) is 4. The van der Waals surface area contributed by atoms with Crippen molar-refractivity contribution in [1.29, 1.82) is 0 Å². The average Bonchev–Trinajstić information content (AvgIpc) is 2.46. The quantitative estimate of drug-likeness (QED) is 0.736. The summed E-state index contributed by atoms with van der Waals surface area (Å²) in [6.45, 7) is 1.47. The summed E-state index contributed by atoms with van der Waals surface area (Å²) in [5.41, 5.74) is -1.52. The molecule has 1 unspecified atom stereocenters. The van der Waals surface area contributed by atoms with Gasteiger partial charge >= 0.3 is 5.97 Å². The molecule has 1 aromatic carbocycles. The van der Waals surface area contributed by atoms with E-state index in [1.807, 2.05) is 0 Å². The third kappa shape index (κ3) is 3.40. The largest absolute Gasteiger partial charge is 0.493 e. The minimum absolute atomic E-state index is 0.0556. The molecule has 1 aromatic rings. The number of amides is 1. The molecule has 0 bridgehead atoms. The van der Waals surface area contributed by atoms with Crippen molar-refractivity contribution in [2.45, 2.75) is 13.3 Å². The van der Waals surface area contributed by atoms with E-state index < -0.39 is 17.3 Å². The third-order valence-electron chi connectivity index (χ3n) is 3.13. The van der Waals surface area contributed by atoms with Gasteiger partial charge < -0.3 is 19.9 Å². The van der Waals surface area contributed by atoms with Crippen LogP contribution in [0.3, 0.4) is 0 Å². The van der Waals surface area contributed by atoms with Gasteiger partial charge in [-0.25, -0.2) is 0 Å². The van der Waals surface area contributed by atoms with E-state index in [1.54, 1.807) is 24.3 Å². The lowest BCUT2D eigenvalue weighted by atomic mass is 9.86. The lowest BCUT2D eigenvalue weighted by Crippen LogP contribution is -2.44. The highest BCUT2D eigenvalue weighted by atomic mass is 16.5. The summed E-state index contributed by atoms with van der Waals surface area (Å²) in [4.78, 5) is 22.9. The zero-order valence-corrected chi connectivity index (χ0v) is 11.8. The first-order valence-electron chi connectivity index (χ1n) is 6.17. The molecular formula is C14H19NO5. The summed E-state index contributed by atoms with van der Waals surface area (Å²) in [7, 11) is 2.93. The van der Waals surface area contributed by atoms with Crippen LogP contribution in [-0.2, 0) is 9.59 Å². The fraction of sp³-hybridized carbons (Fsp3) is 0.429. The Morgan fingerprint density at radius 3 is 2.40 bits per heavy atom. The Bertz CT molecular complexity index is 488. The molecule has 2 N–H and O–H groups in total. The highest BCUT2D eigenvalue weighted by molar-refractivity contribution is 6.01. The fourth-order valence-corrected chi connectivity index (χ4v) is 1.70. The highest BCUT2D eigenvalue weighted by Gasteiger charge is 2.40. The first kappa shape index (κ1) is 15.8. The van der Waals surface area contributed by atoms with Crippen LogP contribution in [0.15, 0.2) is 24.3 Å². The van der Waals surface area contributed by atoms with Gasteiger partial charge in [0.25, 0.3) is 0 Å². The smallest absolute Gasteiger partial charge is 0.319 e. The Morgan fingerprint density at radius 2 is 1.90 bits per heavy atom. The summed E-state index contributed by atoms with van der Waals surface area (Å²) < 4.78 is 10.6. The average molecular weight is 281 g/mol. The second kappa shape index (κ2) is 6.79. The number of carboxylic acid groups (broad SMARTS) is 1. The molecule has 0 saturated heterocycles. The number of aliphatic carboxylic acids is 1. The van der Waals surface area contributed by atoms with Crippen LogP contribution in [0, 0.1) is 5.41 Å². The summed E-state index contributed by atoms with van der Waals surface area (Å²) >= 11 is 0. The Balaban J connectivity index is 2.70. The number of carbonyl (C=O) groups excluding carboxylic acids is 1. The van der Waals surface area contributed by atoms with Crippen LogP contribution in [0.5, 0.6) is 11.5 Å². The first-order valence-corrected chi connectivity index (χ1v) is 6.17. The summed E-state index contributed by atoms with van der Waals surface area (Å²) in [5.74, 6) is -0.654. The van der Waals surface area contributed by atoms with Gasteiger partial charge in [-0.05, 0) is 19.1 Å². The monoisotopic (exact) mass is 281 g/mol. The zero-order chi connectivity index (χ0) is 15.2. The zero-order valence-electron chi connectivity index (χ0n) is 11.8. The SMILES string of the molecule is CNC(=O)C(C)(CCOc1ccccc1OC)C(=O)O. The van der Waals surface area contributed by atoms with Crippen LogP contribution in [0.25, 0.3) is 0 Å². The van der Waals surface area contributed by atoms with Crippen molar-refractivity contribution in [3.63, 3.8) is 0 Å². The Labute approximate surface area is 117 Å². The van der Waals surface area contributed by atoms with Crippen LogP contribution in [-0.4, -0.2) is 37.7 Å². The van der Waals surface area contributed by atoms with E-state index in [1.165, 1.54) is 21.1 Å². The molecule has 20 heavy (non-hydrogen) atoms. The molecule has 0 saturated carbocycles. The van der Waals surface area contributed by atoms with Gasteiger partial charge in [0.05, 0.1) is 13.7 Å². The number of benzene rings is 1. The molecule has 0 aliphatic rings. The van der Waals surface area contributed by atoms with E-state index in [0.717, 1.165) is 0 Å². The number of ether oxygens (including phenoxy) is 2. The second-order valence-electron chi connectivity index (χ2n) is 4.47. The molecule has 0 aliphatic heterocycles. The molecule has 0 fully saturated rings. The first-order chi connectivity index (χ1) is 9.45. The Hall–Kier alpha value is -2.24. The second-order valence-corrected chi connectivity index (χ2v) is 4.47. The number of para-hydroxylation sites is 2. The van der Waals surface area contributed by atoms with Gasteiger partial charge in [0.15, 0.2) is 11.5 Å². The summed E-state index contributed by atoms with van der Waals surface area (Å²) in [5, 5.41) is 11.5. The highest BCUT2D eigenvalue weighted by Crippen LogP contribution is 2.28. The number of carbonyl (C=O) groups is 2. The van der Waals surface area contributed by atoms with Gasteiger partial charge in [-0.2, -0.15) is 0 Å². The lowest BCUT2D eigenvalue weighted by Gasteiger charge is -2.22. The predicted octanol–water partition coefficient (Wildman–Crippen LogP) is 1.30. The summed E-state index contributed by atoms with van der Waals surface area (Å²) in [6.07, 6.45) is 0.0556. The molecule has 1 atom stereocenters. The normalized spacial score (nSPS) is 13.2. The van der Waals surface area contributed by atoms with Gasteiger partial charge in [0, 0.05) is 13.5 Å². The molecule has 0 spiro atoms. The van der Waals surface area contributed by atoms with E-state index in [9.17, 15) is 14.7 Å². The number of rotatable bonds is 7. The van der Waals surface area contributed by atoms with Crippen molar-refractivity contribution in [2.24, 2.45) is 5.41 Å². The molecule has 110 valence electrons. The molecular weight excluding hydrogens is 262 g/mol. The van der Waals surface area contributed by atoms with Gasteiger partial charge in [0.1, 0.15) is 5.41 Å². The van der Waals surface area contributed by atoms with Crippen LogP contribution in [0.1, 0.15) is 13.3 Å². The topological polar surface area (TPSA) is 84.9 Å². The van der Waals surface area contributed by atoms with Crippen molar-refractivity contribution in [1.82, 2.24) is 5.32 Å². The van der Waals surface area contributed by atoms with E-state index in [0.29, 0.717) is 11.5 Å². The molecule has 0 aromatic heterocycles. The van der Waals surface area contributed by atoms with E-state index in [4.69, 9.17) is 9.47 Å². The number of nitrogens with one attached hydrogen (secondary N) is 1. The van der Waals surface area contributed by atoms with Gasteiger partial charge in [0.2, 0.25) is 5.91 Å². The van der Waals surface area contributed by atoms with E-state index >= 15 is 0 Å². The van der Waals surface area contributed by atoms with Gasteiger partial charge in [-0.15, -0.1) is 0 Å². The maximum Gasteiger partial charge on any atom is 0.319 e. The molecule has 0 aliphatic carbocycles.